The van der Waals surface area contributed by atoms with E-state index in [2.05, 4.69) is 59.7 Å². The number of rotatable bonds is 6. The topological polar surface area (TPSA) is 46.3 Å². The van der Waals surface area contributed by atoms with Crippen molar-refractivity contribution in [1.29, 1.82) is 0 Å². The zero-order valence-corrected chi connectivity index (χ0v) is 18.1. The Morgan fingerprint density at radius 2 is 1.84 bits per heavy atom. The van der Waals surface area contributed by atoms with E-state index >= 15 is 0 Å². The van der Waals surface area contributed by atoms with Crippen LogP contribution in [0.15, 0.2) is 66.7 Å². The summed E-state index contributed by atoms with van der Waals surface area (Å²) in [5, 5.41) is 4.95. The van der Waals surface area contributed by atoms with Crippen LogP contribution in [0.1, 0.15) is 40.9 Å². The third-order valence-electron chi connectivity index (χ3n) is 6.18. The quantitative estimate of drug-likeness (QED) is 0.436. The summed E-state index contributed by atoms with van der Waals surface area (Å²) < 4.78 is 11.8. The van der Waals surface area contributed by atoms with Gasteiger partial charge in [-0.1, -0.05) is 49.4 Å². The minimum Gasteiger partial charge on any atom is -0.496 e. The summed E-state index contributed by atoms with van der Waals surface area (Å²) in [4.78, 5) is 3.68. The minimum absolute atomic E-state index is 0.0892. The van der Waals surface area contributed by atoms with Crippen molar-refractivity contribution in [3.8, 4) is 11.5 Å². The molecule has 0 aliphatic carbocycles. The fourth-order valence-corrected chi connectivity index (χ4v) is 4.53. The maximum absolute atomic E-state index is 6.09. The van der Waals surface area contributed by atoms with Gasteiger partial charge in [0.15, 0.2) is 0 Å². The van der Waals surface area contributed by atoms with Gasteiger partial charge in [-0.05, 0) is 53.8 Å². The Balaban J connectivity index is 1.50. The molecule has 4 heteroatoms. The molecule has 1 unspecified atom stereocenters. The standard InChI is InChI=1S/C27H28N2O2/c1-3-18-9-12-25(30-2)23(15-18)26-27-21(13-14-28-26)22-16-20(10-11-24(22)29-27)31-17-19-7-5-4-6-8-19/h4-12,15-16,26,28-29H,3,13-14,17H2,1-2H3. The molecule has 4 aromatic rings. The number of fused-ring (bicyclic) bond motifs is 3. The molecular weight excluding hydrogens is 384 g/mol. The second kappa shape index (κ2) is 8.48. The minimum atomic E-state index is 0.0892. The van der Waals surface area contributed by atoms with Crippen molar-refractivity contribution >= 4 is 10.9 Å². The van der Waals surface area contributed by atoms with Crippen molar-refractivity contribution < 1.29 is 9.47 Å². The second-order valence-corrected chi connectivity index (χ2v) is 8.07. The Kier molecular flexibility index (Phi) is 5.39. The molecule has 3 aromatic carbocycles. The highest BCUT2D eigenvalue weighted by Crippen LogP contribution is 2.38. The van der Waals surface area contributed by atoms with Crippen molar-refractivity contribution in [3.05, 3.63) is 94.7 Å². The van der Waals surface area contributed by atoms with E-state index in [1.54, 1.807) is 7.11 Å². The summed E-state index contributed by atoms with van der Waals surface area (Å²) in [6, 6.07) is 23.2. The molecule has 0 radical (unpaired) electrons. The van der Waals surface area contributed by atoms with Crippen LogP contribution in [0.5, 0.6) is 11.5 Å². The first kappa shape index (κ1) is 19.7. The van der Waals surface area contributed by atoms with Crippen molar-refractivity contribution in [1.82, 2.24) is 10.3 Å². The molecule has 5 rings (SSSR count). The molecule has 0 amide bonds. The van der Waals surface area contributed by atoms with Gasteiger partial charge in [-0.15, -0.1) is 0 Å². The normalized spacial score (nSPS) is 15.6. The van der Waals surface area contributed by atoms with E-state index in [0.29, 0.717) is 6.61 Å². The van der Waals surface area contributed by atoms with Gasteiger partial charge in [0.25, 0.3) is 0 Å². The number of H-pyrrole nitrogens is 1. The van der Waals surface area contributed by atoms with Crippen LogP contribution in [-0.4, -0.2) is 18.6 Å². The van der Waals surface area contributed by atoms with Crippen LogP contribution in [0.25, 0.3) is 10.9 Å². The molecule has 0 fully saturated rings. The molecule has 2 N–H and O–H groups in total. The fourth-order valence-electron chi connectivity index (χ4n) is 4.53. The lowest BCUT2D eigenvalue weighted by Gasteiger charge is -2.26. The maximum Gasteiger partial charge on any atom is 0.124 e. The van der Waals surface area contributed by atoms with Crippen molar-refractivity contribution in [2.75, 3.05) is 13.7 Å². The van der Waals surface area contributed by atoms with Gasteiger partial charge >= 0.3 is 0 Å². The first-order valence-electron chi connectivity index (χ1n) is 11.0. The molecule has 31 heavy (non-hydrogen) atoms. The molecule has 0 saturated heterocycles. The highest BCUT2D eigenvalue weighted by atomic mass is 16.5. The molecule has 2 heterocycles. The summed E-state index contributed by atoms with van der Waals surface area (Å²) in [5.74, 6) is 1.83. The van der Waals surface area contributed by atoms with Gasteiger partial charge in [0.2, 0.25) is 0 Å². The molecule has 1 atom stereocenters. The lowest BCUT2D eigenvalue weighted by atomic mass is 9.92. The molecule has 0 saturated carbocycles. The van der Waals surface area contributed by atoms with Crippen LogP contribution < -0.4 is 14.8 Å². The average Bonchev–Trinajstić information content (AvgIpc) is 3.21. The Labute approximate surface area is 183 Å². The van der Waals surface area contributed by atoms with Crippen molar-refractivity contribution in [3.63, 3.8) is 0 Å². The van der Waals surface area contributed by atoms with Gasteiger partial charge in [0.05, 0.1) is 13.2 Å². The van der Waals surface area contributed by atoms with E-state index in [-0.39, 0.29) is 6.04 Å². The molecule has 0 bridgehead atoms. The first-order valence-corrected chi connectivity index (χ1v) is 11.0. The SMILES string of the molecule is CCc1ccc(OC)c(C2NCCc3c2[nH]c2ccc(OCc4ccccc4)cc32)c1. The van der Waals surface area contributed by atoms with Gasteiger partial charge in [-0.3, -0.25) is 0 Å². The summed E-state index contributed by atoms with van der Waals surface area (Å²) in [7, 11) is 1.75. The number of hydrogen-bond donors (Lipinski definition) is 2. The molecule has 4 nitrogen and oxygen atoms in total. The van der Waals surface area contributed by atoms with Gasteiger partial charge in [-0.2, -0.15) is 0 Å². The largest absolute Gasteiger partial charge is 0.496 e. The van der Waals surface area contributed by atoms with Crippen molar-refractivity contribution in [2.45, 2.75) is 32.4 Å². The van der Waals surface area contributed by atoms with Crippen LogP contribution in [-0.2, 0) is 19.4 Å². The predicted molar refractivity (Wildman–Crippen MR) is 125 cm³/mol. The van der Waals surface area contributed by atoms with E-state index in [1.807, 2.05) is 24.3 Å². The first-order chi connectivity index (χ1) is 15.3. The highest BCUT2D eigenvalue weighted by molar-refractivity contribution is 5.86. The lowest BCUT2D eigenvalue weighted by molar-refractivity contribution is 0.306. The fraction of sp³-hybridized carbons (Fsp3) is 0.259. The van der Waals surface area contributed by atoms with Gasteiger partial charge in [-0.25, -0.2) is 0 Å². The van der Waals surface area contributed by atoms with Crippen LogP contribution in [0.3, 0.4) is 0 Å². The summed E-state index contributed by atoms with van der Waals surface area (Å²) in [5.41, 5.74) is 7.43. The summed E-state index contributed by atoms with van der Waals surface area (Å²) in [6.07, 6.45) is 2.00. The number of hydrogen-bond acceptors (Lipinski definition) is 3. The van der Waals surface area contributed by atoms with Crippen LogP contribution in [0.2, 0.25) is 0 Å². The zero-order chi connectivity index (χ0) is 21.2. The number of methoxy groups -OCH3 is 1. The molecular formula is C27H28N2O2. The van der Waals surface area contributed by atoms with E-state index in [1.165, 1.54) is 33.3 Å². The molecule has 1 aliphatic heterocycles. The number of nitrogens with one attached hydrogen (secondary N) is 2. The smallest absolute Gasteiger partial charge is 0.124 e. The number of benzene rings is 3. The molecule has 1 aromatic heterocycles. The third kappa shape index (κ3) is 3.79. The molecule has 0 spiro atoms. The monoisotopic (exact) mass is 412 g/mol. The zero-order valence-electron chi connectivity index (χ0n) is 18.1. The Hall–Kier alpha value is -3.24. The van der Waals surface area contributed by atoms with Gasteiger partial charge < -0.3 is 19.8 Å². The maximum atomic E-state index is 6.09. The van der Waals surface area contributed by atoms with E-state index in [9.17, 15) is 0 Å². The summed E-state index contributed by atoms with van der Waals surface area (Å²) >= 11 is 0. The van der Waals surface area contributed by atoms with Gasteiger partial charge in [0.1, 0.15) is 18.1 Å². The van der Waals surface area contributed by atoms with E-state index in [4.69, 9.17) is 9.47 Å². The average molecular weight is 413 g/mol. The summed E-state index contributed by atoms with van der Waals surface area (Å²) in [6.45, 7) is 3.69. The number of aryl methyl sites for hydroxylation is 1. The Bertz CT molecular complexity index is 1200. The predicted octanol–water partition coefficient (Wildman–Crippen LogP) is 5.55. The molecule has 158 valence electrons. The van der Waals surface area contributed by atoms with Crippen molar-refractivity contribution in [2.24, 2.45) is 0 Å². The van der Waals surface area contributed by atoms with Crippen LogP contribution >= 0.6 is 0 Å². The number of aromatic nitrogens is 1. The van der Waals surface area contributed by atoms with E-state index < -0.39 is 0 Å². The Morgan fingerprint density at radius 1 is 0.968 bits per heavy atom. The Morgan fingerprint density at radius 3 is 2.65 bits per heavy atom. The van der Waals surface area contributed by atoms with Gasteiger partial charge in [0, 0.05) is 28.7 Å². The third-order valence-corrected chi connectivity index (χ3v) is 6.18. The number of ether oxygens (including phenoxy) is 2. The van der Waals surface area contributed by atoms with E-state index in [0.717, 1.165) is 36.4 Å². The molecule has 1 aliphatic rings. The number of aromatic amines is 1. The van der Waals surface area contributed by atoms with Crippen LogP contribution in [0, 0.1) is 0 Å². The highest BCUT2D eigenvalue weighted by Gasteiger charge is 2.27. The lowest BCUT2D eigenvalue weighted by Crippen LogP contribution is -2.30. The second-order valence-electron chi connectivity index (χ2n) is 8.07. The van der Waals surface area contributed by atoms with Crippen LogP contribution in [0.4, 0.5) is 0 Å².